The Morgan fingerprint density at radius 2 is 1.92 bits per heavy atom. The van der Waals surface area contributed by atoms with Crippen LogP contribution in [0.2, 0.25) is 0 Å². The molecule has 1 amide bonds. The number of thiazole rings is 1. The van der Waals surface area contributed by atoms with Gasteiger partial charge in [0.25, 0.3) is 5.91 Å². The van der Waals surface area contributed by atoms with Crippen LogP contribution in [0.4, 0.5) is 10.8 Å². The molecule has 0 bridgehead atoms. The van der Waals surface area contributed by atoms with Gasteiger partial charge in [0.05, 0.1) is 11.8 Å². The molecule has 0 unspecified atom stereocenters. The van der Waals surface area contributed by atoms with Crippen molar-refractivity contribution in [2.75, 3.05) is 24.8 Å². The average molecular weight is 357 g/mol. The minimum atomic E-state index is -0.252. The van der Waals surface area contributed by atoms with Crippen molar-refractivity contribution in [2.45, 2.75) is 13.8 Å². The summed E-state index contributed by atoms with van der Waals surface area (Å²) >= 11 is 1.34. The normalized spacial score (nSPS) is 10.7. The number of rotatable bonds is 5. The maximum Gasteiger partial charge on any atom is 0.262 e. The molecule has 3 aromatic rings. The van der Waals surface area contributed by atoms with Gasteiger partial charge in [-0.1, -0.05) is 17.4 Å². The molecule has 0 aliphatic carbocycles. The topological polar surface area (TPSA) is 86.5 Å². The molecule has 2 aromatic carbocycles. The third-order valence-corrected chi connectivity index (χ3v) is 4.38. The van der Waals surface area contributed by atoms with Gasteiger partial charge in [0.15, 0.2) is 11.7 Å². The molecule has 0 fully saturated rings. The monoisotopic (exact) mass is 357 g/mol. The van der Waals surface area contributed by atoms with Crippen molar-refractivity contribution in [1.29, 1.82) is 0 Å². The first-order valence-electron chi connectivity index (χ1n) is 7.69. The molecule has 1 heterocycles. The summed E-state index contributed by atoms with van der Waals surface area (Å²) in [6, 6.07) is 9.39. The van der Waals surface area contributed by atoms with Crippen LogP contribution in [0.25, 0.3) is 10.2 Å². The predicted molar refractivity (Wildman–Crippen MR) is 101 cm³/mol. The second kappa shape index (κ2) is 6.98. The van der Waals surface area contributed by atoms with Crippen LogP contribution in [0.5, 0.6) is 11.5 Å². The molecule has 3 rings (SSSR count). The molecule has 0 atom stereocenters. The van der Waals surface area contributed by atoms with Crippen LogP contribution in [0, 0.1) is 13.8 Å². The Morgan fingerprint density at radius 3 is 2.60 bits per heavy atom. The van der Waals surface area contributed by atoms with Crippen molar-refractivity contribution in [3.63, 3.8) is 0 Å². The summed E-state index contributed by atoms with van der Waals surface area (Å²) in [5, 5.41) is 3.27. The number of nitrogens with one attached hydrogen (secondary N) is 1. The molecule has 0 saturated carbocycles. The van der Waals surface area contributed by atoms with E-state index in [0.717, 1.165) is 15.8 Å². The van der Waals surface area contributed by atoms with Crippen LogP contribution in [-0.2, 0) is 4.79 Å². The summed E-state index contributed by atoms with van der Waals surface area (Å²) < 4.78 is 11.8. The number of aromatic nitrogens is 1. The summed E-state index contributed by atoms with van der Waals surface area (Å²) in [6.07, 6.45) is 0. The molecule has 7 heteroatoms. The number of nitrogens with two attached hydrogens (primary N) is 1. The number of carbonyl (C=O) groups is 1. The Labute approximate surface area is 149 Å². The van der Waals surface area contributed by atoms with E-state index in [1.807, 2.05) is 32.0 Å². The van der Waals surface area contributed by atoms with E-state index >= 15 is 0 Å². The molecule has 3 N–H and O–H groups in total. The molecule has 1 aromatic heterocycles. The molecule has 0 aliphatic heterocycles. The molecular weight excluding hydrogens is 338 g/mol. The van der Waals surface area contributed by atoms with Crippen molar-refractivity contribution < 1.29 is 14.3 Å². The summed E-state index contributed by atoms with van der Waals surface area (Å²) in [6.45, 7) is 3.90. The lowest BCUT2D eigenvalue weighted by atomic mass is 10.1. The van der Waals surface area contributed by atoms with Gasteiger partial charge >= 0.3 is 0 Å². The van der Waals surface area contributed by atoms with Gasteiger partial charge in [0.1, 0.15) is 17.0 Å². The number of nitrogens with zero attached hydrogens (tertiary/aromatic N) is 1. The number of fused-ring (bicyclic) bond motifs is 1. The van der Waals surface area contributed by atoms with Gasteiger partial charge in [-0.15, -0.1) is 0 Å². The molecule has 0 aliphatic rings. The maximum absolute atomic E-state index is 12.2. The Morgan fingerprint density at radius 1 is 1.20 bits per heavy atom. The quantitative estimate of drug-likeness (QED) is 0.729. The number of methoxy groups -OCH3 is 1. The molecule has 0 spiro atoms. The lowest BCUT2D eigenvalue weighted by molar-refractivity contribution is -0.118. The second-order valence-corrected chi connectivity index (χ2v) is 6.80. The highest BCUT2D eigenvalue weighted by Crippen LogP contribution is 2.34. The first-order chi connectivity index (χ1) is 11.9. The van der Waals surface area contributed by atoms with Crippen molar-refractivity contribution in [2.24, 2.45) is 0 Å². The third-order valence-electron chi connectivity index (χ3n) is 3.55. The Kier molecular flexibility index (Phi) is 4.76. The number of ether oxygens (including phenoxy) is 2. The zero-order valence-corrected chi connectivity index (χ0v) is 15.1. The molecular formula is C18H19N3O3S. The first-order valence-corrected chi connectivity index (χ1v) is 8.51. The zero-order chi connectivity index (χ0) is 18.0. The molecule has 25 heavy (non-hydrogen) atoms. The number of carbonyl (C=O) groups excluding carboxylic acids is 1. The Balaban J connectivity index is 1.71. The Hall–Kier alpha value is -2.80. The SMILES string of the molecule is COc1cc(NC(=O)COc2cc(C)cc(C)c2)cc2sc(N)nc12. The van der Waals surface area contributed by atoms with E-state index in [4.69, 9.17) is 15.2 Å². The first kappa shape index (κ1) is 17.0. The van der Waals surface area contributed by atoms with Crippen molar-refractivity contribution in [1.82, 2.24) is 4.98 Å². The van der Waals surface area contributed by atoms with E-state index in [-0.39, 0.29) is 12.5 Å². The predicted octanol–water partition coefficient (Wildman–Crippen LogP) is 3.52. The van der Waals surface area contributed by atoms with Gasteiger partial charge in [-0.2, -0.15) is 0 Å². The van der Waals surface area contributed by atoms with E-state index in [9.17, 15) is 4.79 Å². The van der Waals surface area contributed by atoms with Crippen LogP contribution in [0.15, 0.2) is 30.3 Å². The fraction of sp³-hybridized carbons (Fsp3) is 0.222. The number of anilines is 2. The highest BCUT2D eigenvalue weighted by molar-refractivity contribution is 7.22. The van der Waals surface area contributed by atoms with Gasteiger partial charge in [0, 0.05) is 11.8 Å². The highest BCUT2D eigenvalue weighted by Gasteiger charge is 2.12. The number of hydrogen-bond acceptors (Lipinski definition) is 6. The van der Waals surface area contributed by atoms with Gasteiger partial charge in [0.2, 0.25) is 0 Å². The second-order valence-electron chi connectivity index (χ2n) is 5.74. The smallest absolute Gasteiger partial charge is 0.262 e. The lowest BCUT2D eigenvalue weighted by Crippen LogP contribution is -2.20. The lowest BCUT2D eigenvalue weighted by Gasteiger charge is -2.10. The fourth-order valence-corrected chi connectivity index (χ4v) is 3.40. The highest BCUT2D eigenvalue weighted by atomic mass is 32.1. The number of benzene rings is 2. The molecule has 6 nitrogen and oxygen atoms in total. The number of nitrogen functional groups attached to an aromatic ring is 1. The van der Waals surface area contributed by atoms with Crippen LogP contribution in [-0.4, -0.2) is 24.6 Å². The van der Waals surface area contributed by atoms with E-state index in [2.05, 4.69) is 16.4 Å². The van der Waals surface area contributed by atoms with E-state index in [1.54, 1.807) is 13.2 Å². The van der Waals surface area contributed by atoms with Gasteiger partial charge in [-0.05, 0) is 43.2 Å². The standard InChI is InChI=1S/C18H19N3O3S/c1-10-4-11(2)6-13(5-10)24-9-16(22)20-12-7-14(23-3)17-15(8-12)25-18(19)21-17/h4-8H,9H2,1-3H3,(H2,19,21)(H,20,22). The van der Waals surface area contributed by atoms with E-state index in [0.29, 0.717) is 27.8 Å². The van der Waals surface area contributed by atoms with Crippen LogP contribution >= 0.6 is 11.3 Å². The van der Waals surface area contributed by atoms with Gasteiger partial charge < -0.3 is 20.5 Å². The Bertz CT molecular complexity index is 916. The fourth-order valence-electron chi connectivity index (χ4n) is 2.61. The number of aryl methyl sites for hydroxylation is 2. The van der Waals surface area contributed by atoms with E-state index in [1.165, 1.54) is 11.3 Å². The third kappa shape index (κ3) is 4.00. The summed E-state index contributed by atoms with van der Waals surface area (Å²) in [5.74, 6) is 0.991. The molecule has 0 saturated heterocycles. The number of hydrogen-bond donors (Lipinski definition) is 2. The maximum atomic E-state index is 12.2. The summed E-state index contributed by atoms with van der Waals surface area (Å²) in [4.78, 5) is 16.4. The zero-order valence-electron chi connectivity index (χ0n) is 14.3. The largest absolute Gasteiger partial charge is 0.494 e. The average Bonchev–Trinajstić information content (AvgIpc) is 2.91. The van der Waals surface area contributed by atoms with Crippen molar-refractivity contribution in [3.05, 3.63) is 41.5 Å². The van der Waals surface area contributed by atoms with Crippen molar-refractivity contribution in [3.8, 4) is 11.5 Å². The summed E-state index contributed by atoms with van der Waals surface area (Å²) in [7, 11) is 1.55. The van der Waals surface area contributed by atoms with Crippen molar-refractivity contribution >= 4 is 38.3 Å². The summed E-state index contributed by atoms with van der Waals surface area (Å²) in [5.41, 5.74) is 9.23. The van der Waals surface area contributed by atoms with E-state index < -0.39 is 0 Å². The minimum Gasteiger partial charge on any atom is -0.494 e. The van der Waals surface area contributed by atoms with Crippen LogP contribution in [0.3, 0.4) is 0 Å². The van der Waals surface area contributed by atoms with Gasteiger partial charge in [-0.25, -0.2) is 4.98 Å². The van der Waals surface area contributed by atoms with Crippen LogP contribution in [0.1, 0.15) is 11.1 Å². The van der Waals surface area contributed by atoms with Crippen LogP contribution < -0.4 is 20.5 Å². The van der Waals surface area contributed by atoms with Gasteiger partial charge in [-0.3, -0.25) is 4.79 Å². The molecule has 0 radical (unpaired) electrons. The number of amides is 1. The molecule has 130 valence electrons. The minimum absolute atomic E-state index is 0.0753.